The summed E-state index contributed by atoms with van der Waals surface area (Å²) in [5, 5.41) is 10.2. The van der Waals surface area contributed by atoms with E-state index in [4.69, 9.17) is 0 Å². The van der Waals surface area contributed by atoms with Crippen LogP contribution < -0.4 is 0 Å². The number of aliphatic hydroxyl groups excluding tert-OH is 1. The van der Waals surface area contributed by atoms with E-state index in [1.54, 1.807) is 0 Å². The Labute approximate surface area is 92.6 Å². The summed E-state index contributed by atoms with van der Waals surface area (Å²) in [5.41, 5.74) is 2.00. The molecule has 0 aromatic carbocycles. The Morgan fingerprint density at radius 1 is 1.27 bits per heavy atom. The van der Waals surface area contributed by atoms with Crippen molar-refractivity contribution in [3.8, 4) is 0 Å². The van der Waals surface area contributed by atoms with E-state index < -0.39 is 0 Å². The van der Waals surface area contributed by atoms with Crippen LogP contribution in [0.5, 0.6) is 0 Å². The van der Waals surface area contributed by atoms with Crippen molar-refractivity contribution in [2.45, 2.75) is 52.1 Å². The van der Waals surface area contributed by atoms with E-state index in [0.717, 1.165) is 12.3 Å². The van der Waals surface area contributed by atoms with Crippen LogP contribution in [0.25, 0.3) is 0 Å². The summed E-state index contributed by atoms with van der Waals surface area (Å²) >= 11 is 0. The number of rotatable bonds is 0. The smallest absolute Gasteiger partial charge is 0.0602 e. The third kappa shape index (κ3) is 0.982. The van der Waals surface area contributed by atoms with Crippen LogP contribution in [0.4, 0.5) is 0 Å². The van der Waals surface area contributed by atoms with E-state index in [0.29, 0.717) is 11.3 Å². The van der Waals surface area contributed by atoms with Gasteiger partial charge in [0.1, 0.15) is 0 Å². The van der Waals surface area contributed by atoms with Crippen LogP contribution in [-0.4, -0.2) is 11.2 Å². The lowest BCUT2D eigenvalue weighted by atomic mass is 9.57. The van der Waals surface area contributed by atoms with Crippen molar-refractivity contribution in [3.63, 3.8) is 0 Å². The van der Waals surface area contributed by atoms with Crippen LogP contribution in [0.2, 0.25) is 0 Å². The Morgan fingerprint density at radius 2 is 2.00 bits per heavy atom. The minimum atomic E-state index is -0.0413. The zero-order valence-electron chi connectivity index (χ0n) is 9.92. The molecule has 3 aliphatic carbocycles. The molecule has 3 aliphatic rings. The molecule has 0 amide bonds. The Kier molecular flexibility index (Phi) is 1.77. The van der Waals surface area contributed by atoms with Crippen molar-refractivity contribution in [2.24, 2.45) is 22.7 Å². The fraction of sp³-hybridized carbons (Fsp3) is 0.857. The highest BCUT2D eigenvalue weighted by Gasteiger charge is 2.61. The topological polar surface area (TPSA) is 20.2 Å². The van der Waals surface area contributed by atoms with Gasteiger partial charge < -0.3 is 5.11 Å². The monoisotopic (exact) mass is 206 g/mol. The SMILES string of the molecule is C=C1[C@H]2CC[C@H](O)[C@@]23CC[C@H](C3)C1(C)C. The van der Waals surface area contributed by atoms with Gasteiger partial charge in [-0.3, -0.25) is 0 Å². The van der Waals surface area contributed by atoms with E-state index in [1.165, 1.54) is 31.3 Å². The first kappa shape index (κ1) is 9.89. The molecule has 3 saturated carbocycles. The molecule has 1 N–H and O–H groups in total. The van der Waals surface area contributed by atoms with Gasteiger partial charge in [0.2, 0.25) is 0 Å². The van der Waals surface area contributed by atoms with Crippen LogP contribution in [0.15, 0.2) is 12.2 Å². The quantitative estimate of drug-likeness (QED) is 0.604. The summed E-state index contributed by atoms with van der Waals surface area (Å²) in [4.78, 5) is 0. The summed E-state index contributed by atoms with van der Waals surface area (Å²) in [5.74, 6) is 1.38. The minimum Gasteiger partial charge on any atom is -0.393 e. The molecule has 4 atom stereocenters. The van der Waals surface area contributed by atoms with E-state index in [-0.39, 0.29) is 11.5 Å². The highest BCUT2D eigenvalue weighted by atomic mass is 16.3. The molecule has 0 heterocycles. The van der Waals surface area contributed by atoms with Crippen molar-refractivity contribution in [1.29, 1.82) is 0 Å². The van der Waals surface area contributed by atoms with Crippen molar-refractivity contribution >= 4 is 0 Å². The molecule has 84 valence electrons. The van der Waals surface area contributed by atoms with Gasteiger partial charge in [0.25, 0.3) is 0 Å². The molecule has 0 aromatic rings. The molecule has 1 nitrogen and oxygen atoms in total. The molecule has 3 rings (SSSR count). The zero-order chi connectivity index (χ0) is 10.8. The Hall–Kier alpha value is -0.300. The summed E-state index contributed by atoms with van der Waals surface area (Å²) in [7, 11) is 0. The summed E-state index contributed by atoms with van der Waals surface area (Å²) in [6, 6.07) is 0. The summed E-state index contributed by atoms with van der Waals surface area (Å²) < 4.78 is 0. The molecule has 0 saturated heterocycles. The summed E-state index contributed by atoms with van der Waals surface area (Å²) in [6.07, 6.45) is 5.94. The second-order valence-electron chi connectivity index (χ2n) is 6.57. The molecule has 1 spiro atoms. The molecule has 3 fully saturated rings. The predicted octanol–water partition coefficient (Wildman–Crippen LogP) is 3.14. The third-order valence-electron chi connectivity index (χ3n) is 5.94. The third-order valence-corrected chi connectivity index (χ3v) is 5.94. The van der Waals surface area contributed by atoms with Crippen LogP contribution in [0, 0.1) is 22.7 Å². The highest BCUT2D eigenvalue weighted by Crippen LogP contribution is 2.68. The van der Waals surface area contributed by atoms with Gasteiger partial charge in [-0.15, -0.1) is 0 Å². The molecular weight excluding hydrogens is 184 g/mol. The lowest BCUT2D eigenvalue weighted by Crippen LogP contribution is -2.42. The van der Waals surface area contributed by atoms with Gasteiger partial charge in [-0.05, 0) is 49.4 Å². The molecule has 15 heavy (non-hydrogen) atoms. The van der Waals surface area contributed by atoms with Crippen LogP contribution in [0.3, 0.4) is 0 Å². The predicted molar refractivity (Wildman–Crippen MR) is 61.4 cm³/mol. The van der Waals surface area contributed by atoms with Gasteiger partial charge >= 0.3 is 0 Å². The highest BCUT2D eigenvalue weighted by molar-refractivity contribution is 5.27. The number of hydrogen-bond donors (Lipinski definition) is 1. The van der Waals surface area contributed by atoms with E-state index >= 15 is 0 Å². The van der Waals surface area contributed by atoms with Gasteiger partial charge in [0.15, 0.2) is 0 Å². The standard InChI is InChI=1S/C14H22O/c1-9-11-4-5-12(15)14(11)7-6-10(8-14)13(9,2)3/h10-12,15H,1,4-8H2,2-3H3/t10-,11-,12+,14-/m1/s1. The number of fused-ring (bicyclic) bond motifs is 1. The maximum Gasteiger partial charge on any atom is 0.0602 e. The van der Waals surface area contributed by atoms with Gasteiger partial charge in [0.05, 0.1) is 6.10 Å². The van der Waals surface area contributed by atoms with Gasteiger partial charge in [-0.25, -0.2) is 0 Å². The van der Waals surface area contributed by atoms with Gasteiger partial charge in [-0.2, -0.15) is 0 Å². The Bertz CT molecular complexity index is 317. The fourth-order valence-electron chi connectivity index (χ4n) is 4.71. The maximum atomic E-state index is 10.2. The molecule has 0 aromatic heterocycles. The normalized spacial score (nSPS) is 51.9. The van der Waals surface area contributed by atoms with Crippen molar-refractivity contribution in [2.75, 3.05) is 0 Å². The first-order valence-electron chi connectivity index (χ1n) is 6.36. The number of hydrogen-bond acceptors (Lipinski definition) is 1. The minimum absolute atomic E-state index is 0.0413. The van der Waals surface area contributed by atoms with Crippen molar-refractivity contribution in [3.05, 3.63) is 12.2 Å². The Balaban J connectivity index is 2.07. The average Bonchev–Trinajstić information content (AvgIpc) is 2.72. The molecule has 0 unspecified atom stereocenters. The molecule has 2 bridgehead atoms. The van der Waals surface area contributed by atoms with Crippen LogP contribution >= 0.6 is 0 Å². The second kappa shape index (κ2) is 2.68. The lowest BCUT2D eigenvalue weighted by Gasteiger charge is -2.48. The fourth-order valence-corrected chi connectivity index (χ4v) is 4.71. The lowest BCUT2D eigenvalue weighted by molar-refractivity contribution is 0.00891. The van der Waals surface area contributed by atoms with Gasteiger partial charge in [-0.1, -0.05) is 26.0 Å². The maximum absolute atomic E-state index is 10.2. The summed E-state index contributed by atoms with van der Waals surface area (Å²) in [6.45, 7) is 9.09. The molecule has 0 radical (unpaired) electrons. The van der Waals surface area contributed by atoms with Crippen LogP contribution in [-0.2, 0) is 0 Å². The molecular formula is C14H22O. The largest absolute Gasteiger partial charge is 0.393 e. The molecule has 1 heteroatoms. The van der Waals surface area contributed by atoms with Crippen LogP contribution in [0.1, 0.15) is 46.0 Å². The van der Waals surface area contributed by atoms with E-state index in [1.807, 2.05) is 0 Å². The van der Waals surface area contributed by atoms with Crippen molar-refractivity contribution < 1.29 is 5.11 Å². The first-order valence-corrected chi connectivity index (χ1v) is 6.36. The average molecular weight is 206 g/mol. The zero-order valence-corrected chi connectivity index (χ0v) is 9.92. The van der Waals surface area contributed by atoms with E-state index in [2.05, 4.69) is 20.4 Å². The number of aliphatic hydroxyl groups is 1. The number of allylic oxidation sites excluding steroid dienone is 1. The van der Waals surface area contributed by atoms with Gasteiger partial charge in [0, 0.05) is 5.41 Å². The molecule has 0 aliphatic heterocycles. The van der Waals surface area contributed by atoms with Crippen molar-refractivity contribution in [1.82, 2.24) is 0 Å². The second-order valence-corrected chi connectivity index (χ2v) is 6.57. The first-order chi connectivity index (χ1) is 6.98. The Morgan fingerprint density at radius 3 is 2.73 bits per heavy atom. The van der Waals surface area contributed by atoms with E-state index in [9.17, 15) is 5.11 Å².